The van der Waals surface area contributed by atoms with Crippen LogP contribution < -0.4 is 0 Å². The van der Waals surface area contributed by atoms with Gasteiger partial charge in [0.25, 0.3) is 0 Å². The van der Waals surface area contributed by atoms with Crippen molar-refractivity contribution in [1.82, 2.24) is 0 Å². The van der Waals surface area contributed by atoms with Crippen LogP contribution in [-0.2, 0) is 0 Å². The third-order valence-corrected chi connectivity index (χ3v) is 3.13. The lowest BCUT2D eigenvalue weighted by atomic mass is 9.88. The van der Waals surface area contributed by atoms with E-state index in [-0.39, 0.29) is 28.8 Å². The van der Waals surface area contributed by atoms with E-state index in [1.807, 2.05) is 20.8 Å². The Labute approximate surface area is 117 Å². The van der Waals surface area contributed by atoms with Crippen LogP contribution in [-0.4, -0.2) is 29.1 Å². The van der Waals surface area contributed by atoms with Gasteiger partial charge in [-0.25, -0.2) is 0 Å². The van der Waals surface area contributed by atoms with Crippen LogP contribution in [0.4, 0.5) is 0 Å². The van der Waals surface area contributed by atoms with Gasteiger partial charge in [0.2, 0.25) is 0 Å². The molecule has 3 nitrogen and oxygen atoms in total. The van der Waals surface area contributed by atoms with Gasteiger partial charge in [-0.15, -0.1) is 0 Å². The molecule has 100 valence electrons. The van der Waals surface area contributed by atoms with Crippen molar-refractivity contribution < 1.29 is 10.2 Å². The van der Waals surface area contributed by atoms with Crippen molar-refractivity contribution in [3.8, 4) is 5.75 Å². The first-order valence-corrected chi connectivity index (χ1v) is 6.33. The Morgan fingerprint density at radius 2 is 1.94 bits per heavy atom. The minimum Gasteiger partial charge on any atom is -0.506 e. The normalized spacial score (nSPS) is 14.1. The van der Waals surface area contributed by atoms with Crippen LogP contribution in [0.15, 0.2) is 17.1 Å². The number of phenols is 1. The van der Waals surface area contributed by atoms with Crippen molar-refractivity contribution in [2.45, 2.75) is 26.8 Å². The molecule has 0 saturated carbocycles. The molecule has 0 bridgehead atoms. The molecule has 0 saturated heterocycles. The number of phenolic OH excluding ortho intramolecular Hbond substituents is 1. The summed E-state index contributed by atoms with van der Waals surface area (Å²) >= 11 is 11.7. The second-order valence-electron chi connectivity index (χ2n) is 5.17. The van der Waals surface area contributed by atoms with Gasteiger partial charge in [0.15, 0.2) is 0 Å². The van der Waals surface area contributed by atoms with Gasteiger partial charge in [-0.3, -0.25) is 4.99 Å². The maximum Gasteiger partial charge on any atom is 0.143 e. The predicted molar refractivity (Wildman–Crippen MR) is 76.0 cm³/mol. The molecule has 0 aliphatic rings. The second kappa shape index (κ2) is 5.91. The van der Waals surface area contributed by atoms with Crippen molar-refractivity contribution in [3.63, 3.8) is 0 Å². The van der Waals surface area contributed by atoms with Crippen LogP contribution in [0, 0.1) is 5.41 Å². The standard InChI is InChI=1S/C13H17Cl2NO2/c1-13(2,3)11(7-17)16-6-8-4-9(14)5-10(15)12(8)18/h4-6,11,17-18H,7H2,1-3H3. The second-order valence-corrected chi connectivity index (χ2v) is 6.01. The molecule has 0 aromatic heterocycles. The fraction of sp³-hybridized carbons (Fsp3) is 0.462. The molecule has 0 spiro atoms. The van der Waals surface area contributed by atoms with E-state index in [0.29, 0.717) is 10.6 Å². The summed E-state index contributed by atoms with van der Waals surface area (Å²) in [6, 6.07) is 2.78. The number of hydrogen-bond acceptors (Lipinski definition) is 3. The van der Waals surface area contributed by atoms with E-state index in [1.54, 1.807) is 6.07 Å². The van der Waals surface area contributed by atoms with E-state index < -0.39 is 0 Å². The van der Waals surface area contributed by atoms with Crippen LogP contribution in [0.3, 0.4) is 0 Å². The largest absolute Gasteiger partial charge is 0.506 e. The summed E-state index contributed by atoms with van der Waals surface area (Å²) in [4.78, 5) is 4.27. The lowest BCUT2D eigenvalue weighted by Crippen LogP contribution is -2.28. The number of nitrogens with zero attached hydrogens (tertiary/aromatic N) is 1. The summed E-state index contributed by atoms with van der Waals surface area (Å²) in [5.41, 5.74) is 0.277. The van der Waals surface area contributed by atoms with Crippen LogP contribution in [0.2, 0.25) is 10.0 Å². The van der Waals surface area contributed by atoms with Crippen molar-refractivity contribution in [3.05, 3.63) is 27.7 Å². The average Bonchev–Trinajstić information content (AvgIpc) is 2.23. The van der Waals surface area contributed by atoms with Crippen LogP contribution >= 0.6 is 23.2 Å². The molecule has 1 aromatic rings. The first-order chi connectivity index (χ1) is 8.25. The minimum atomic E-state index is -0.255. The molecular formula is C13H17Cl2NO2. The quantitative estimate of drug-likeness (QED) is 0.837. The number of halogens is 2. The first kappa shape index (κ1) is 15.3. The number of benzene rings is 1. The van der Waals surface area contributed by atoms with Crippen LogP contribution in [0.25, 0.3) is 0 Å². The highest BCUT2D eigenvalue weighted by molar-refractivity contribution is 6.36. The Hall–Kier alpha value is -0.770. The maximum atomic E-state index is 9.77. The lowest BCUT2D eigenvalue weighted by molar-refractivity contribution is 0.191. The Morgan fingerprint density at radius 1 is 1.33 bits per heavy atom. The zero-order chi connectivity index (χ0) is 13.9. The molecule has 0 aliphatic carbocycles. The Kier molecular flexibility index (Phi) is 5.02. The van der Waals surface area contributed by atoms with Gasteiger partial charge in [0.05, 0.1) is 17.7 Å². The van der Waals surface area contributed by atoms with Gasteiger partial charge in [-0.2, -0.15) is 0 Å². The van der Waals surface area contributed by atoms with E-state index in [0.717, 1.165) is 0 Å². The van der Waals surface area contributed by atoms with Gasteiger partial charge in [0, 0.05) is 16.8 Å². The van der Waals surface area contributed by atoms with E-state index in [4.69, 9.17) is 23.2 Å². The molecule has 5 heteroatoms. The van der Waals surface area contributed by atoms with E-state index in [2.05, 4.69) is 4.99 Å². The molecule has 2 N–H and O–H groups in total. The highest BCUT2D eigenvalue weighted by Gasteiger charge is 2.22. The molecule has 18 heavy (non-hydrogen) atoms. The molecule has 0 fully saturated rings. The molecule has 1 unspecified atom stereocenters. The van der Waals surface area contributed by atoms with Gasteiger partial charge < -0.3 is 10.2 Å². The van der Waals surface area contributed by atoms with Crippen molar-refractivity contribution >= 4 is 29.4 Å². The Morgan fingerprint density at radius 3 is 2.44 bits per heavy atom. The molecule has 1 rings (SSSR count). The zero-order valence-electron chi connectivity index (χ0n) is 10.6. The van der Waals surface area contributed by atoms with E-state index >= 15 is 0 Å². The van der Waals surface area contributed by atoms with Crippen molar-refractivity contribution in [1.29, 1.82) is 0 Å². The molecule has 0 heterocycles. The molecule has 0 amide bonds. The van der Waals surface area contributed by atoms with E-state index in [1.165, 1.54) is 12.3 Å². The van der Waals surface area contributed by atoms with E-state index in [9.17, 15) is 10.2 Å². The number of aliphatic hydroxyl groups excluding tert-OH is 1. The summed E-state index contributed by atoms with van der Waals surface area (Å²) in [5, 5.41) is 19.7. The minimum absolute atomic E-state index is 0.0598. The van der Waals surface area contributed by atoms with Gasteiger partial charge in [0.1, 0.15) is 5.75 Å². The summed E-state index contributed by atoms with van der Waals surface area (Å²) in [6.07, 6.45) is 1.49. The Balaban J connectivity index is 3.04. The third-order valence-electron chi connectivity index (χ3n) is 2.62. The Bertz CT molecular complexity index is 453. The number of aliphatic hydroxyl groups is 1. The fourth-order valence-electron chi connectivity index (χ4n) is 1.40. The first-order valence-electron chi connectivity index (χ1n) is 5.57. The van der Waals surface area contributed by atoms with Crippen molar-refractivity contribution in [2.24, 2.45) is 10.4 Å². The third kappa shape index (κ3) is 3.87. The highest BCUT2D eigenvalue weighted by Crippen LogP contribution is 2.30. The number of aromatic hydroxyl groups is 1. The summed E-state index contributed by atoms with van der Waals surface area (Å²) in [5.74, 6) is -0.0598. The molecular weight excluding hydrogens is 273 g/mol. The predicted octanol–water partition coefficient (Wildman–Crippen LogP) is 3.52. The number of hydrogen-bond donors (Lipinski definition) is 2. The topological polar surface area (TPSA) is 52.8 Å². The number of rotatable bonds is 3. The SMILES string of the molecule is CC(C)(C)C(CO)N=Cc1cc(Cl)cc(Cl)c1O. The highest BCUT2D eigenvalue weighted by atomic mass is 35.5. The van der Waals surface area contributed by atoms with Crippen LogP contribution in [0.5, 0.6) is 5.75 Å². The maximum absolute atomic E-state index is 9.77. The molecule has 1 aromatic carbocycles. The van der Waals surface area contributed by atoms with Gasteiger partial charge in [-0.1, -0.05) is 44.0 Å². The lowest BCUT2D eigenvalue weighted by Gasteiger charge is -2.25. The molecule has 1 atom stereocenters. The summed E-state index contributed by atoms with van der Waals surface area (Å²) in [7, 11) is 0. The molecule has 0 radical (unpaired) electrons. The molecule has 0 aliphatic heterocycles. The van der Waals surface area contributed by atoms with Gasteiger partial charge in [-0.05, 0) is 17.5 Å². The monoisotopic (exact) mass is 289 g/mol. The smallest absolute Gasteiger partial charge is 0.143 e. The average molecular weight is 290 g/mol. The zero-order valence-corrected chi connectivity index (χ0v) is 12.1. The number of aliphatic imine (C=N–C) groups is 1. The summed E-state index contributed by atoms with van der Waals surface area (Å²) in [6.45, 7) is 5.89. The fourth-order valence-corrected chi connectivity index (χ4v) is 1.91. The van der Waals surface area contributed by atoms with Crippen molar-refractivity contribution in [2.75, 3.05) is 6.61 Å². The van der Waals surface area contributed by atoms with Crippen LogP contribution in [0.1, 0.15) is 26.3 Å². The summed E-state index contributed by atoms with van der Waals surface area (Å²) < 4.78 is 0. The van der Waals surface area contributed by atoms with Gasteiger partial charge >= 0.3 is 0 Å².